The topological polar surface area (TPSA) is 82.1 Å². The van der Waals surface area contributed by atoms with Crippen LogP contribution >= 0.6 is 0 Å². The molecule has 0 aliphatic carbocycles. The summed E-state index contributed by atoms with van der Waals surface area (Å²) in [6.07, 6.45) is 3.55. The number of benzene rings is 2. The van der Waals surface area contributed by atoms with Crippen molar-refractivity contribution in [3.8, 4) is 34.0 Å². The third kappa shape index (κ3) is 4.35. The normalized spacial score (nSPS) is 10.5. The molecule has 2 aromatic heterocycles. The number of ether oxygens (including phenoxy) is 2. The molecule has 0 amide bonds. The van der Waals surface area contributed by atoms with Crippen LogP contribution in [0.15, 0.2) is 73.1 Å². The molecule has 2 aromatic carbocycles. The van der Waals surface area contributed by atoms with E-state index in [0.717, 1.165) is 33.9 Å². The fourth-order valence-electron chi connectivity index (χ4n) is 2.98. The van der Waals surface area contributed by atoms with E-state index in [9.17, 15) is 0 Å². The minimum absolute atomic E-state index is 0.446. The van der Waals surface area contributed by atoms with Gasteiger partial charge in [0.1, 0.15) is 22.9 Å². The van der Waals surface area contributed by atoms with Gasteiger partial charge in [-0.3, -0.25) is 4.98 Å². The zero-order valence-electron chi connectivity index (χ0n) is 16.7. The van der Waals surface area contributed by atoms with Crippen molar-refractivity contribution in [3.05, 3.63) is 78.6 Å². The van der Waals surface area contributed by atoms with Gasteiger partial charge in [0.15, 0.2) is 0 Å². The highest BCUT2D eigenvalue weighted by molar-refractivity contribution is 5.78. The first-order valence-electron chi connectivity index (χ1n) is 9.43. The molecule has 4 aromatic rings. The molecule has 0 aliphatic heterocycles. The summed E-state index contributed by atoms with van der Waals surface area (Å²) in [6.45, 7) is 0.555. The number of anilines is 1. The fraction of sp³-hybridized carbons (Fsp3) is 0.130. The molecule has 0 unspecified atom stereocenters. The molecule has 7 heteroatoms. The van der Waals surface area contributed by atoms with Crippen molar-refractivity contribution >= 4 is 5.95 Å². The first-order chi connectivity index (χ1) is 14.8. The molecule has 4 rings (SSSR count). The number of rotatable bonds is 7. The molecule has 0 atom stereocenters. The van der Waals surface area contributed by atoms with Gasteiger partial charge in [0.2, 0.25) is 5.95 Å². The number of nitrogens with one attached hydrogen (secondary N) is 1. The van der Waals surface area contributed by atoms with Crippen molar-refractivity contribution in [3.63, 3.8) is 0 Å². The second kappa shape index (κ2) is 9.00. The highest BCUT2D eigenvalue weighted by atomic mass is 16.5. The van der Waals surface area contributed by atoms with Crippen molar-refractivity contribution in [2.75, 3.05) is 19.5 Å². The van der Waals surface area contributed by atoms with Crippen molar-refractivity contribution in [2.24, 2.45) is 0 Å². The second-order valence-electron chi connectivity index (χ2n) is 6.50. The molecule has 0 bridgehead atoms. The molecular weight excluding hydrogens is 378 g/mol. The molecule has 1 N–H and O–H groups in total. The Hall–Kier alpha value is -4.00. The zero-order valence-corrected chi connectivity index (χ0v) is 16.7. The molecule has 7 nitrogen and oxygen atoms in total. The van der Waals surface area contributed by atoms with Crippen LogP contribution in [0, 0.1) is 0 Å². The molecule has 150 valence electrons. The smallest absolute Gasteiger partial charge is 0.243 e. The van der Waals surface area contributed by atoms with E-state index in [1.807, 2.05) is 60.7 Å². The van der Waals surface area contributed by atoms with Gasteiger partial charge in [0.05, 0.1) is 14.2 Å². The molecule has 0 saturated carbocycles. The van der Waals surface area contributed by atoms with Crippen LogP contribution in [0.2, 0.25) is 0 Å². The third-order valence-corrected chi connectivity index (χ3v) is 4.59. The number of aromatic nitrogens is 4. The Morgan fingerprint density at radius 2 is 1.40 bits per heavy atom. The monoisotopic (exact) mass is 399 g/mol. The maximum absolute atomic E-state index is 5.28. The quantitative estimate of drug-likeness (QED) is 0.498. The average Bonchev–Trinajstić information content (AvgIpc) is 2.83. The van der Waals surface area contributed by atoms with E-state index in [-0.39, 0.29) is 0 Å². The SMILES string of the molecule is COc1ccc(-c2nnc(NCc3cccnc3)nc2-c2ccc(OC)cc2)cc1. The van der Waals surface area contributed by atoms with Crippen LogP contribution in [0.4, 0.5) is 5.95 Å². The highest BCUT2D eigenvalue weighted by Crippen LogP contribution is 2.31. The molecule has 0 spiro atoms. The van der Waals surface area contributed by atoms with Crippen molar-refractivity contribution in [1.82, 2.24) is 20.2 Å². The van der Waals surface area contributed by atoms with Gasteiger partial charge in [-0.1, -0.05) is 6.07 Å². The summed E-state index contributed by atoms with van der Waals surface area (Å²) in [5.41, 5.74) is 4.27. The number of hydrogen-bond donors (Lipinski definition) is 1. The van der Waals surface area contributed by atoms with Gasteiger partial charge in [-0.05, 0) is 60.2 Å². The van der Waals surface area contributed by atoms with Gasteiger partial charge in [-0.25, -0.2) is 4.98 Å². The van der Waals surface area contributed by atoms with Crippen LogP contribution in [0.1, 0.15) is 5.56 Å². The minimum atomic E-state index is 0.446. The predicted octanol–water partition coefficient (Wildman–Crippen LogP) is 4.23. The largest absolute Gasteiger partial charge is 0.497 e. The number of methoxy groups -OCH3 is 2. The van der Waals surface area contributed by atoms with E-state index in [1.54, 1.807) is 26.6 Å². The Morgan fingerprint density at radius 1 is 0.767 bits per heavy atom. The summed E-state index contributed by atoms with van der Waals surface area (Å²) in [5.74, 6) is 2.00. The molecule has 0 fully saturated rings. The summed E-state index contributed by atoms with van der Waals surface area (Å²) in [6, 6.07) is 19.3. The summed E-state index contributed by atoms with van der Waals surface area (Å²) in [7, 11) is 3.28. The first kappa shape index (κ1) is 19.3. The zero-order chi connectivity index (χ0) is 20.8. The predicted molar refractivity (Wildman–Crippen MR) is 115 cm³/mol. The van der Waals surface area contributed by atoms with E-state index < -0.39 is 0 Å². The second-order valence-corrected chi connectivity index (χ2v) is 6.50. The van der Waals surface area contributed by atoms with Crippen molar-refractivity contribution in [1.29, 1.82) is 0 Å². The highest BCUT2D eigenvalue weighted by Gasteiger charge is 2.14. The molecule has 30 heavy (non-hydrogen) atoms. The maximum atomic E-state index is 5.28. The molecule has 2 heterocycles. The summed E-state index contributed by atoms with van der Waals surface area (Å²) in [5, 5.41) is 12.0. The third-order valence-electron chi connectivity index (χ3n) is 4.59. The molecular formula is C23H21N5O2. The number of nitrogens with zero attached hydrogens (tertiary/aromatic N) is 4. The molecule has 0 radical (unpaired) electrons. The van der Waals surface area contributed by atoms with Crippen LogP contribution in [0.5, 0.6) is 11.5 Å². The average molecular weight is 399 g/mol. The lowest BCUT2D eigenvalue weighted by molar-refractivity contribution is 0.414. The summed E-state index contributed by atoms with van der Waals surface area (Å²) >= 11 is 0. The maximum Gasteiger partial charge on any atom is 0.243 e. The lowest BCUT2D eigenvalue weighted by Crippen LogP contribution is -2.07. The molecule has 0 aliphatic rings. The van der Waals surface area contributed by atoms with Crippen LogP contribution in [0.3, 0.4) is 0 Å². The Labute approximate surface area is 174 Å². The standard InChI is InChI=1S/C23H21N5O2/c1-29-19-9-5-17(6-10-19)21-22(18-7-11-20(30-2)12-8-18)27-28-23(26-21)25-15-16-4-3-13-24-14-16/h3-14H,15H2,1-2H3,(H,25,26,28). The van der Waals surface area contributed by atoms with E-state index in [1.165, 1.54) is 0 Å². The minimum Gasteiger partial charge on any atom is -0.497 e. The van der Waals surface area contributed by atoms with E-state index in [2.05, 4.69) is 20.5 Å². The van der Waals surface area contributed by atoms with E-state index in [0.29, 0.717) is 18.2 Å². The van der Waals surface area contributed by atoms with Crippen molar-refractivity contribution < 1.29 is 9.47 Å². The van der Waals surface area contributed by atoms with E-state index in [4.69, 9.17) is 14.5 Å². The fourth-order valence-corrected chi connectivity index (χ4v) is 2.98. The summed E-state index contributed by atoms with van der Waals surface area (Å²) < 4.78 is 10.5. The lowest BCUT2D eigenvalue weighted by atomic mass is 10.0. The Bertz CT molecular complexity index is 1100. The number of pyridine rings is 1. The molecule has 0 saturated heterocycles. The summed E-state index contributed by atoms with van der Waals surface area (Å²) in [4.78, 5) is 8.88. The van der Waals surface area contributed by atoms with Crippen molar-refractivity contribution in [2.45, 2.75) is 6.54 Å². The van der Waals surface area contributed by atoms with Crippen LogP contribution in [-0.4, -0.2) is 34.4 Å². The van der Waals surface area contributed by atoms with Gasteiger partial charge in [0.25, 0.3) is 0 Å². The van der Waals surface area contributed by atoms with Gasteiger partial charge < -0.3 is 14.8 Å². The van der Waals surface area contributed by atoms with Crippen LogP contribution < -0.4 is 14.8 Å². The van der Waals surface area contributed by atoms with Gasteiger partial charge >= 0.3 is 0 Å². The van der Waals surface area contributed by atoms with E-state index >= 15 is 0 Å². The Balaban J connectivity index is 1.70. The Morgan fingerprint density at radius 3 is 1.97 bits per heavy atom. The van der Waals surface area contributed by atoms with Crippen LogP contribution in [-0.2, 0) is 6.54 Å². The first-order valence-corrected chi connectivity index (χ1v) is 9.43. The van der Waals surface area contributed by atoms with Crippen LogP contribution in [0.25, 0.3) is 22.5 Å². The van der Waals surface area contributed by atoms with Gasteiger partial charge in [0, 0.05) is 30.1 Å². The number of hydrogen-bond acceptors (Lipinski definition) is 7. The van der Waals surface area contributed by atoms with Gasteiger partial charge in [-0.2, -0.15) is 0 Å². The lowest BCUT2D eigenvalue weighted by Gasteiger charge is -2.11. The Kier molecular flexibility index (Phi) is 5.80. The van der Waals surface area contributed by atoms with Gasteiger partial charge in [-0.15, -0.1) is 10.2 Å².